The summed E-state index contributed by atoms with van der Waals surface area (Å²) in [5.41, 5.74) is 0. The number of nitrogens with zero attached hydrogens (tertiary/aromatic N) is 1. The van der Waals surface area contributed by atoms with Gasteiger partial charge in [0.1, 0.15) is 0 Å². The Morgan fingerprint density at radius 1 is 1.71 bits per heavy atom. The number of hydrogen-bond donors (Lipinski definition) is 0. The maximum atomic E-state index is 11.4. The normalized spacial score (nSPS) is 23.1. The number of carbonyl (C=O) groups excluding carboxylic acids is 1. The van der Waals surface area contributed by atoms with E-state index in [-0.39, 0.29) is 11.9 Å². The molecule has 1 aliphatic heterocycles. The number of esters is 1. The van der Waals surface area contributed by atoms with Crippen LogP contribution in [0.4, 0.5) is 0 Å². The minimum absolute atomic E-state index is 0.0494. The molecule has 1 heterocycles. The van der Waals surface area contributed by atoms with Crippen molar-refractivity contribution in [3.8, 4) is 0 Å². The van der Waals surface area contributed by atoms with Gasteiger partial charge in [-0.1, -0.05) is 13.5 Å². The maximum Gasteiger partial charge on any atom is 0.315 e. The van der Waals surface area contributed by atoms with Crippen LogP contribution < -0.4 is 0 Å². The lowest BCUT2D eigenvalue weighted by atomic mass is 9.98. The zero-order valence-electron chi connectivity index (χ0n) is 8.87. The molecule has 0 amide bonds. The molecule has 1 rings (SSSR count). The van der Waals surface area contributed by atoms with Gasteiger partial charge in [-0.15, -0.1) is 0 Å². The highest BCUT2D eigenvalue weighted by Gasteiger charge is 2.25. The third-order valence-electron chi connectivity index (χ3n) is 2.58. The zero-order chi connectivity index (χ0) is 10.4. The fourth-order valence-corrected chi connectivity index (χ4v) is 1.95. The first-order valence-corrected chi connectivity index (χ1v) is 5.31. The van der Waals surface area contributed by atoms with Gasteiger partial charge in [-0.2, -0.15) is 0 Å². The van der Waals surface area contributed by atoms with Gasteiger partial charge < -0.3 is 9.64 Å². The van der Waals surface area contributed by atoms with Gasteiger partial charge in [0, 0.05) is 6.54 Å². The zero-order valence-corrected chi connectivity index (χ0v) is 8.87. The molecule has 3 nitrogen and oxygen atoms in total. The highest BCUT2D eigenvalue weighted by molar-refractivity contribution is 5.73. The van der Waals surface area contributed by atoms with Crippen LogP contribution in [0, 0.1) is 5.92 Å². The summed E-state index contributed by atoms with van der Waals surface area (Å²) in [7, 11) is 0. The summed E-state index contributed by atoms with van der Waals surface area (Å²) in [5, 5.41) is 0. The van der Waals surface area contributed by atoms with Crippen molar-refractivity contribution >= 4 is 5.97 Å². The average Bonchev–Trinajstić information content (AvgIpc) is 2.19. The first kappa shape index (κ1) is 11.2. The van der Waals surface area contributed by atoms with Gasteiger partial charge in [0.2, 0.25) is 0 Å². The molecule has 0 aliphatic carbocycles. The summed E-state index contributed by atoms with van der Waals surface area (Å²) in [6, 6.07) is 0. The molecule has 1 saturated heterocycles. The van der Waals surface area contributed by atoms with Crippen molar-refractivity contribution in [3.05, 3.63) is 12.8 Å². The monoisotopic (exact) mass is 197 g/mol. The Balaban J connectivity index is 2.38. The molecular formula is C11H19NO2. The lowest BCUT2D eigenvalue weighted by Crippen LogP contribution is -2.39. The number of rotatable bonds is 4. The fraction of sp³-hybridized carbons (Fsp3) is 0.727. The topological polar surface area (TPSA) is 29.5 Å². The summed E-state index contributed by atoms with van der Waals surface area (Å²) >= 11 is 0. The van der Waals surface area contributed by atoms with Crippen LogP contribution in [0.5, 0.6) is 0 Å². The van der Waals surface area contributed by atoms with E-state index >= 15 is 0 Å². The Morgan fingerprint density at radius 2 is 2.50 bits per heavy atom. The number of hydrogen-bond acceptors (Lipinski definition) is 3. The van der Waals surface area contributed by atoms with Gasteiger partial charge in [-0.3, -0.25) is 4.79 Å². The molecule has 0 radical (unpaired) electrons. The number of piperidine rings is 1. The Bertz CT molecular complexity index is 201. The maximum absolute atomic E-state index is 11.4. The first-order valence-electron chi connectivity index (χ1n) is 5.31. The van der Waals surface area contributed by atoms with Crippen molar-refractivity contribution in [1.82, 2.24) is 4.90 Å². The highest BCUT2D eigenvalue weighted by atomic mass is 16.5. The number of likely N-dealkylation sites (tertiary alicyclic amines) is 1. The van der Waals surface area contributed by atoms with Crippen LogP contribution >= 0.6 is 0 Å². The molecule has 1 atom stereocenters. The van der Waals surface area contributed by atoms with Gasteiger partial charge in [0.25, 0.3) is 0 Å². The Morgan fingerprint density at radius 3 is 3.14 bits per heavy atom. The van der Waals surface area contributed by atoms with E-state index < -0.39 is 0 Å². The van der Waals surface area contributed by atoms with Crippen LogP contribution in [0.2, 0.25) is 0 Å². The van der Waals surface area contributed by atoms with Crippen LogP contribution in [0.3, 0.4) is 0 Å². The van der Waals surface area contributed by atoms with Crippen LogP contribution in [0.25, 0.3) is 0 Å². The molecule has 0 bridgehead atoms. The number of ether oxygens (including phenoxy) is 1. The van der Waals surface area contributed by atoms with Crippen LogP contribution in [0.15, 0.2) is 12.8 Å². The first-order chi connectivity index (χ1) is 6.77. The van der Waals surface area contributed by atoms with Crippen molar-refractivity contribution in [1.29, 1.82) is 0 Å². The van der Waals surface area contributed by atoms with E-state index in [1.54, 1.807) is 0 Å². The average molecular weight is 197 g/mol. The fourth-order valence-electron chi connectivity index (χ4n) is 1.95. The molecule has 1 unspecified atom stereocenters. The van der Waals surface area contributed by atoms with E-state index in [2.05, 4.69) is 18.4 Å². The van der Waals surface area contributed by atoms with E-state index in [0.29, 0.717) is 0 Å². The van der Waals surface area contributed by atoms with Crippen molar-refractivity contribution in [2.45, 2.75) is 26.2 Å². The molecule has 0 spiro atoms. The van der Waals surface area contributed by atoms with Crippen LogP contribution in [0.1, 0.15) is 26.2 Å². The van der Waals surface area contributed by atoms with Gasteiger partial charge >= 0.3 is 5.97 Å². The van der Waals surface area contributed by atoms with Crippen molar-refractivity contribution in [3.63, 3.8) is 0 Å². The van der Waals surface area contributed by atoms with Gasteiger partial charge in [0.15, 0.2) is 0 Å². The van der Waals surface area contributed by atoms with Gasteiger partial charge in [-0.05, 0) is 32.4 Å². The third-order valence-corrected chi connectivity index (χ3v) is 2.58. The van der Waals surface area contributed by atoms with Crippen molar-refractivity contribution in [2.75, 3.05) is 19.6 Å². The Hall–Kier alpha value is -0.830. The molecule has 14 heavy (non-hydrogen) atoms. The molecule has 0 N–H and O–H groups in total. The molecule has 0 aromatic carbocycles. The third kappa shape index (κ3) is 3.14. The van der Waals surface area contributed by atoms with Crippen molar-refractivity contribution < 1.29 is 9.53 Å². The molecule has 0 aromatic heterocycles. The quantitative estimate of drug-likeness (QED) is 0.508. The molecule has 80 valence electrons. The van der Waals surface area contributed by atoms with Gasteiger partial charge in [0.05, 0.1) is 12.2 Å². The standard InChI is InChI=1S/C11H19NO2/c1-3-7-12-8-5-6-10(9-12)11(13)14-4-2/h4,10H,2-3,5-9H2,1H3. The van der Waals surface area contributed by atoms with E-state index in [1.165, 1.54) is 6.26 Å². The molecular weight excluding hydrogens is 178 g/mol. The summed E-state index contributed by atoms with van der Waals surface area (Å²) < 4.78 is 4.81. The lowest BCUT2D eigenvalue weighted by Gasteiger charge is -2.30. The van der Waals surface area contributed by atoms with Gasteiger partial charge in [-0.25, -0.2) is 0 Å². The van der Waals surface area contributed by atoms with Crippen molar-refractivity contribution in [2.24, 2.45) is 5.92 Å². The Kier molecular flexibility index (Phi) is 4.66. The predicted octanol–water partition coefficient (Wildman–Crippen LogP) is 1.80. The largest absolute Gasteiger partial charge is 0.435 e. The molecule has 0 aromatic rings. The number of carbonyl (C=O) groups is 1. The molecule has 3 heteroatoms. The summed E-state index contributed by atoms with van der Waals surface area (Å²) in [6.45, 7) is 8.60. The lowest BCUT2D eigenvalue weighted by molar-refractivity contribution is -0.144. The Labute approximate surface area is 85.7 Å². The van der Waals surface area contributed by atoms with E-state index in [9.17, 15) is 4.79 Å². The van der Waals surface area contributed by atoms with Crippen LogP contribution in [-0.4, -0.2) is 30.5 Å². The minimum atomic E-state index is -0.124. The highest BCUT2D eigenvalue weighted by Crippen LogP contribution is 2.17. The molecule has 0 saturated carbocycles. The second kappa shape index (κ2) is 5.81. The minimum Gasteiger partial charge on any atom is -0.435 e. The second-order valence-corrected chi connectivity index (χ2v) is 3.74. The van der Waals surface area contributed by atoms with E-state index in [0.717, 1.165) is 38.9 Å². The summed E-state index contributed by atoms with van der Waals surface area (Å²) in [4.78, 5) is 13.8. The SMILES string of the molecule is C=COC(=O)C1CCCN(CCC)C1. The van der Waals surface area contributed by atoms with E-state index in [4.69, 9.17) is 4.74 Å². The smallest absolute Gasteiger partial charge is 0.315 e. The molecule has 1 aliphatic rings. The van der Waals surface area contributed by atoms with E-state index in [1.807, 2.05) is 0 Å². The summed E-state index contributed by atoms with van der Waals surface area (Å²) in [5.74, 6) is -0.0749. The summed E-state index contributed by atoms with van der Waals surface area (Å²) in [6.07, 6.45) is 4.41. The predicted molar refractivity (Wildman–Crippen MR) is 55.7 cm³/mol. The molecule has 1 fully saturated rings. The van der Waals surface area contributed by atoms with Crippen LogP contribution in [-0.2, 0) is 9.53 Å². The second-order valence-electron chi connectivity index (χ2n) is 3.74.